The standard InChI is InChI=1S/C34H34F3N7O2S/c1-3-4-5-27(24-10-21(12-26(35)13-24)17-40-47(2,45)46)28-15-31(41-33(28)38)32-29-14-23(6-7-30(29)42-43-32)25-11-22(16-39-18-25)19-44-9-8-34(36,37)20-44/h3-7,10-16,18,40-41H,8-9,17,19-20,38H2,1-2H3,(H,42,43)/b4-3-,27-5-. The van der Waals surface area contributed by atoms with Crippen LogP contribution in [0.5, 0.6) is 0 Å². The molecular formula is C34H34F3N7O2S. The summed E-state index contributed by atoms with van der Waals surface area (Å²) >= 11 is 0. The number of nitrogens with zero attached hydrogens (tertiary/aromatic N) is 3. The molecule has 13 heteroatoms. The monoisotopic (exact) mass is 661 g/mol. The highest BCUT2D eigenvalue weighted by atomic mass is 32.2. The topological polar surface area (TPSA) is 133 Å². The lowest BCUT2D eigenvalue weighted by molar-refractivity contribution is 0.0115. The fourth-order valence-corrected chi connectivity index (χ4v) is 6.24. The summed E-state index contributed by atoms with van der Waals surface area (Å²) in [4.78, 5) is 9.34. The van der Waals surface area contributed by atoms with Crippen LogP contribution in [0.4, 0.5) is 19.0 Å². The Morgan fingerprint density at radius 3 is 2.68 bits per heavy atom. The van der Waals surface area contributed by atoms with E-state index in [4.69, 9.17) is 5.73 Å². The zero-order chi connectivity index (χ0) is 33.3. The number of H-pyrrole nitrogens is 2. The Labute approximate surface area is 270 Å². The average molecular weight is 662 g/mol. The summed E-state index contributed by atoms with van der Waals surface area (Å²) in [5, 5.41) is 8.44. The molecule has 0 aliphatic carbocycles. The molecule has 3 aromatic heterocycles. The van der Waals surface area contributed by atoms with Crippen molar-refractivity contribution in [3.63, 3.8) is 0 Å². The maximum absolute atomic E-state index is 14.8. The van der Waals surface area contributed by atoms with Crippen LogP contribution in [-0.4, -0.2) is 58.8 Å². The molecule has 0 amide bonds. The maximum Gasteiger partial charge on any atom is 0.261 e. The third-order valence-corrected chi connectivity index (χ3v) is 8.67. The number of nitrogens with one attached hydrogen (secondary N) is 3. The molecule has 0 saturated carbocycles. The van der Waals surface area contributed by atoms with E-state index < -0.39 is 21.8 Å². The van der Waals surface area contributed by atoms with Crippen molar-refractivity contribution in [2.24, 2.45) is 0 Å². The van der Waals surface area contributed by atoms with Crippen LogP contribution in [0.25, 0.3) is 39.0 Å². The number of hydrogen-bond acceptors (Lipinski definition) is 6. The van der Waals surface area contributed by atoms with Crippen molar-refractivity contribution in [3.05, 3.63) is 107 Å². The molecular weight excluding hydrogens is 627 g/mol. The fraction of sp³-hybridized carbons (Fsp3) is 0.235. The molecule has 0 spiro atoms. The Morgan fingerprint density at radius 1 is 1.11 bits per heavy atom. The molecule has 1 fully saturated rings. The number of allylic oxidation sites excluding steroid dienone is 3. The van der Waals surface area contributed by atoms with Crippen molar-refractivity contribution in [3.8, 4) is 22.5 Å². The second kappa shape index (κ2) is 12.8. The van der Waals surface area contributed by atoms with Gasteiger partial charge in [0.2, 0.25) is 10.0 Å². The molecule has 0 radical (unpaired) electrons. The van der Waals surface area contributed by atoms with Gasteiger partial charge in [-0.05, 0) is 77.2 Å². The summed E-state index contributed by atoms with van der Waals surface area (Å²) in [6, 6.07) is 14.0. The Morgan fingerprint density at radius 2 is 1.94 bits per heavy atom. The van der Waals surface area contributed by atoms with Gasteiger partial charge in [0.1, 0.15) is 17.3 Å². The number of hydrogen-bond donors (Lipinski definition) is 4. The zero-order valence-electron chi connectivity index (χ0n) is 25.8. The molecule has 0 unspecified atom stereocenters. The minimum Gasteiger partial charge on any atom is -0.385 e. The van der Waals surface area contributed by atoms with Crippen LogP contribution in [0.1, 0.15) is 35.6 Å². The minimum absolute atomic E-state index is 0.0669. The van der Waals surface area contributed by atoms with Crippen LogP contribution in [0.3, 0.4) is 0 Å². The molecule has 1 saturated heterocycles. The van der Waals surface area contributed by atoms with E-state index in [1.807, 2.05) is 55.5 Å². The number of fused-ring (bicyclic) bond motifs is 1. The van der Waals surface area contributed by atoms with Crippen LogP contribution in [0.15, 0.2) is 79.2 Å². The Kier molecular flexibility index (Phi) is 8.79. The van der Waals surface area contributed by atoms with Gasteiger partial charge in [-0.3, -0.25) is 15.0 Å². The highest BCUT2D eigenvalue weighted by Gasteiger charge is 2.37. The van der Waals surface area contributed by atoms with Crippen LogP contribution in [0.2, 0.25) is 0 Å². The predicted octanol–water partition coefficient (Wildman–Crippen LogP) is 6.24. The Balaban J connectivity index is 1.33. The van der Waals surface area contributed by atoms with E-state index in [-0.39, 0.29) is 19.5 Å². The zero-order valence-corrected chi connectivity index (χ0v) is 26.6. The van der Waals surface area contributed by atoms with E-state index in [0.29, 0.717) is 52.6 Å². The Bertz CT molecular complexity index is 2120. The lowest BCUT2D eigenvalue weighted by atomic mass is 9.96. The van der Waals surface area contributed by atoms with Crippen molar-refractivity contribution in [1.29, 1.82) is 0 Å². The molecule has 244 valence electrons. The summed E-state index contributed by atoms with van der Waals surface area (Å²) in [7, 11) is -3.48. The second-order valence-electron chi connectivity index (χ2n) is 11.8. The summed E-state index contributed by atoms with van der Waals surface area (Å²) in [6.07, 6.45) is 9.82. The number of halogens is 3. The molecule has 0 bridgehead atoms. The highest BCUT2D eigenvalue weighted by Crippen LogP contribution is 2.36. The number of nitrogen functional groups attached to an aromatic ring is 1. The molecule has 47 heavy (non-hydrogen) atoms. The molecule has 6 rings (SSSR count). The van der Waals surface area contributed by atoms with E-state index in [1.165, 1.54) is 12.1 Å². The van der Waals surface area contributed by atoms with Gasteiger partial charge in [-0.25, -0.2) is 26.3 Å². The van der Waals surface area contributed by atoms with E-state index in [2.05, 4.69) is 24.9 Å². The average Bonchev–Trinajstić information content (AvgIpc) is 3.71. The molecule has 4 heterocycles. The third kappa shape index (κ3) is 7.48. The number of sulfonamides is 1. The summed E-state index contributed by atoms with van der Waals surface area (Å²) in [6.45, 7) is 2.27. The van der Waals surface area contributed by atoms with Crippen molar-refractivity contribution >= 4 is 32.3 Å². The lowest BCUT2D eigenvalue weighted by Gasteiger charge is -2.15. The van der Waals surface area contributed by atoms with Gasteiger partial charge in [-0.2, -0.15) is 5.10 Å². The number of pyridine rings is 1. The van der Waals surface area contributed by atoms with Crippen molar-refractivity contribution in [2.45, 2.75) is 32.4 Å². The van der Waals surface area contributed by atoms with Crippen molar-refractivity contribution < 1.29 is 21.6 Å². The van der Waals surface area contributed by atoms with Crippen molar-refractivity contribution in [1.82, 2.24) is 29.8 Å². The molecule has 5 N–H and O–H groups in total. The van der Waals surface area contributed by atoms with Gasteiger partial charge in [0.25, 0.3) is 5.92 Å². The quantitative estimate of drug-likeness (QED) is 0.131. The summed E-state index contributed by atoms with van der Waals surface area (Å²) < 4.78 is 67.9. The number of aromatic amines is 2. The SMILES string of the molecule is C/C=C\C=C(\c1cc(F)cc(CNS(C)(=O)=O)c1)c1cc(-c2n[nH]c3ccc(-c4cncc(CN5CCC(F)(F)C5)c4)cc23)[nH]c1N. The second-order valence-corrected chi connectivity index (χ2v) is 13.6. The number of aromatic nitrogens is 4. The first-order chi connectivity index (χ1) is 22.4. The molecule has 1 aliphatic rings. The molecule has 2 aromatic carbocycles. The van der Waals surface area contributed by atoms with Gasteiger partial charge in [0.05, 0.1) is 24.0 Å². The van der Waals surface area contributed by atoms with Crippen LogP contribution >= 0.6 is 0 Å². The lowest BCUT2D eigenvalue weighted by Crippen LogP contribution is -2.24. The normalized spacial score (nSPS) is 15.7. The van der Waals surface area contributed by atoms with Crippen LogP contribution in [0, 0.1) is 5.82 Å². The highest BCUT2D eigenvalue weighted by molar-refractivity contribution is 7.88. The van der Waals surface area contributed by atoms with E-state index >= 15 is 0 Å². The number of anilines is 1. The number of nitrogens with two attached hydrogens (primary N) is 1. The third-order valence-electron chi connectivity index (χ3n) is 8.00. The number of benzene rings is 2. The van der Waals surface area contributed by atoms with Gasteiger partial charge in [0, 0.05) is 55.0 Å². The summed E-state index contributed by atoms with van der Waals surface area (Å²) in [5.41, 5.74) is 13.3. The van der Waals surface area contributed by atoms with Crippen LogP contribution < -0.4 is 10.5 Å². The first-order valence-corrected chi connectivity index (χ1v) is 16.9. The maximum atomic E-state index is 14.8. The van der Waals surface area contributed by atoms with Gasteiger partial charge in [-0.1, -0.05) is 24.3 Å². The van der Waals surface area contributed by atoms with Crippen LogP contribution in [-0.2, 0) is 23.1 Å². The fourth-order valence-electron chi connectivity index (χ4n) is 5.81. The molecule has 0 atom stereocenters. The number of rotatable bonds is 10. The first-order valence-electron chi connectivity index (χ1n) is 15.0. The van der Waals surface area contributed by atoms with Crippen molar-refractivity contribution in [2.75, 3.05) is 25.1 Å². The van der Waals surface area contributed by atoms with E-state index in [1.54, 1.807) is 23.4 Å². The number of likely N-dealkylation sites (tertiary alicyclic amines) is 1. The number of alkyl halides is 2. The summed E-state index contributed by atoms with van der Waals surface area (Å²) in [5.74, 6) is -2.83. The van der Waals surface area contributed by atoms with E-state index in [0.717, 1.165) is 33.8 Å². The Hall–Kier alpha value is -4.72. The molecule has 9 nitrogen and oxygen atoms in total. The first kappa shape index (κ1) is 32.2. The predicted molar refractivity (Wildman–Crippen MR) is 178 cm³/mol. The molecule has 1 aliphatic heterocycles. The van der Waals surface area contributed by atoms with Gasteiger partial charge in [0.15, 0.2) is 0 Å². The largest absolute Gasteiger partial charge is 0.385 e. The molecule has 5 aromatic rings. The van der Waals surface area contributed by atoms with Gasteiger partial charge in [-0.15, -0.1) is 0 Å². The smallest absolute Gasteiger partial charge is 0.261 e. The van der Waals surface area contributed by atoms with Gasteiger partial charge >= 0.3 is 0 Å². The minimum atomic E-state index is -3.48. The van der Waals surface area contributed by atoms with Gasteiger partial charge < -0.3 is 10.7 Å². The van der Waals surface area contributed by atoms with E-state index in [9.17, 15) is 21.6 Å².